The summed E-state index contributed by atoms with van der Waals surface area (Å²) in [6, 6.07) is 8.32. The van der Waals surface area contributed by atoms with Crippen LogP contribution < -0.4 is 10.6 Å². The Morgan fingerprint density at radius 1 is 1.38 bits per heavy atom. The van der Waals surface area contributed by atoms with E-state index in [2.05, 4.69) is 15.7 Å². The first-order valence-electron chi connectivity index (χ1n) is 9.06. The zero-order chi connectivity index (χ0) is 18.0. The van der Waals surface area contributed by atoms with Crippen molar-refractivity contribution >= 4 is 5.91 Å². The molecule has 2 N–H and O–H groups in total. The predicted molar refractivity (Wildman–Crippen MR) is 94.4 cm³/mol. The number of aryl methyl sites for hydroxylation is 1. The molecule has 2 aliphatic heterocycles. The molecule has 0 aliphatic carbocycles. The Balaban J connectivity index is 1.48. The van der Waals surface area contributed by atoms with Gasteiger partial charge in [0.1, 0.15) is 11.5 Å². The first kappa shape index (κ1) is 17.2. The maximum Gasteiger partial charge on any atom is 0.271 e. The number of nitrogens with one attached hydrogen (secondary N) is 2. The van der Waals surface area contributed by atoms with Gasteiger partial charge in [-0.1, -0.05) is 12.1 Å². The van der Waals surface area contributed by atoms with Crippen LogP contribution in [-0.4, -0.2) is 42.0 Å². The van der Waals surface area contributed by atoms with Crippen LogP contribution >= 0.6 is 0 Å². The van der Waals surface area contributed by atoms with E-state index in [4.69, 9.17) is 4.74 Å². The molecule has 1 aromatic heterocycles. The van der Waals surface area contributed by atoms with Crippen molar-refractivity contribution in [2.45, 2.75) is 31.3 Å². The second-order valence-corrected chi connectivity index (χ2v) is 7.05. The Morgan fingerprint density at radius 3 is 3.00 bits per heavy atom. The minimum Gasteiger partial charge on any atom is -0.380 e. The summed E-state index contributed by atoms with van der Waals surface area (Å²) in [7, 11) is 0. The monoisotopic (exact) mass is 358 g/mol. The van der Waals surface area contributed by atoms with Crippen LogP contribution in [0, 0.1) is 5.82 Å². The van der Waals surface area contributed by atoms with Crippen LogP contribution in [0.4, 0.5) is 4.39 Å². The summed E-state index contributed by atoms with van der Waals surface area (Å²) in [6.45, 7) is 4.11. The fourth-order valence-electron chi connectivity index (χ4n) is 3.69. The largest absolute Gasteiger partial charge is 0.380 e. The molecule has 1 amide bonds. The Labute approximate surface area is 151 Å². The molecular weight excluding hydrogens is 335 g/mol. The van der Waals surface area contributed by atoms with Gasteiger partial charge in [-0.2, -0.15) is 5.10 Å². The van der Waals surface area contributed by atoms with E-state index in [0.717, 1.165) is 43.7 Å². The molecule has 1 fully saturated rings. The van der Waals surface area contributed by atoms with Crippen molar-refractivity contribution in [1.29, 1.82) is 0 Å². The van der Waals surface area contributed by atoms with Crippen LogP contribution in [0.5, 0.6) is 0 Å². The first-order valence-corrected chi connectivity index (χ1v) is 9.06. The number of benzene rings is 1. The van der Waals surface area contributed by atoms with Crippen LogP contribution in [-0.2, 0) is 23.2 Å². The number of carbonyl (C=O) groups is 1. The average Bonchev–Trinajstić information content (AvgIpc) is 3.23. The van der Waals surface area contributed by atoms with Crippen LogP contribution in [0.1, 0.15) is 34.6 Å². The van der Waals surface area contributed by atoms with Gasteiger partial charge in [-0.3, -0.25) is 9.48 Å². The van der Waals surface area contributed by atoms with Gasteiger partial charge >= 0.3 is 0 Å². The summed E-state index contributed by atoms with van der Waals surface area (Å²) in [6.07, 6.45) is 1.79. The molecule has 0 bridgehead atoms. The molecule has 1 aromatic carbocycles. The zero-order valence-corrected chi connectivity index (χ0v) is 14.6. The van der Waals surface area contributed by atoms with Crippen LogP contribution in [0.3, 0.4) is 0 Å². The van der Waals surface area contributed by atoms with Gasteiger partial charge in [0.25, 0.3) is 5.91 Å². The third-order valence-corrected chi connectivity index (χ3v) is 5.27. The third kappa shape index (κ3) is 3.37. The van der Waals surface area contributed by atoms with Crippen LogP contribution in [0.25, 0.3) is 0 Å². The fourth-order valence-corrected chi connectivity index (χ4v) is 3.69. The highest BCUT2D eigenvalue weighted by atomic mass is 19.1. The summed E-state index contributed by atoms with van der Waals surface area (Å²) < 4.78 is 20.8. The standard InChI is InChI=1S/C19H23FN4O2/c20-15-4-2-14(3-5-15)19(6-9-26-13-19)12-22-18(25)17-10-16-11-21-7-1-8-24(16)23-17/h2-5,10,21H,1,6-9,11-13H2,(H,22,25)/t19-/m1/s1. The van der Waals surface area contributed by atoms with Gasteiger partial charge in [0, 0.05) is 31.7 Å². The molecule has 1 atom stereocenters. The molecule has 0 saturated carbocycles. The quantitative estimate of drug-likeness (QED) is 0.871. The van der Waals surface area contributed by atoms with E-state index in [1.54, 1.807) is 12.1 Å². The summed E-state index contributed by atoms with van der Waals surface area (Å²) in [5, 5.41) is 10.8. The Hall–Kier alpha value is -2.25. The maximum absolute atomic E-state index is 13.3. The lowest BCUT2D eigenvalue weighted by atomic mass is 9.79. The van der Waals surface area contributed by atoms with Gasteiger partial charge in [-0.25, -0.2) is 4.39 Å². The van der Waals surface area contributed by atoms with E-state index in [1.165, 1.54) is 12.1 Å². The minimum atomic E-state index is -0.318. The van der Waals surface area contributed by atoms with Crippen molar-refractivity contribution in [3.05, 3.63) is 53.1 Å². The molecule has 0 spiro atoms. The predicted octanol–water partition coefficient (Wildman–Crippen LogP) is 1.60. The Kier molecular flexibility index (Phi) is 4.74. The summed E-state index contributed by atoms with van der Waals surface area (Å²) in [4.78, 5) is 12.6. The lowest BCUT2D eigenvalue weighted by molar-refractivity contribution is 0.0933. The van der Waals surface area contributed by atoms with Crippen LogP contribution in [0.15, 0.2) is 30.3 Å². The number of fused-ring (bicyclic) bond motifs is 1. The third-order valence-electron chi connectivity index (χ3n) is 5.27. The molecular formula is C19H23FN4O2. The maximum atomic E-state index is 13.3. The number of hydrogen-bond acceptors (Lipinski definition) is 4. The minimum absolute atomic E-state index is 0.182. The first-order chi connectivity index (χ1) is 12.7. The molecule has 4 rings (SSSR count). The van der Waals surface area contributed by atoms with E-state index >= 15 is 0 Å². The van der Waals surface area contributed by atoms with Crippen molar-refractivity contribution in [3.8, 4) is 0 Å². The summed E-state index contributed by atoms with van der Waals surface area (Å²) in [5.41, 5.74) is 2.14. The number of amides is 1. The Morgan fingerprint density at radius 2 is 2.23 bits per heavy atom. The van der Waals surface area contributed by atoms with Crippen molar-refractivity contribution in [3.63, 3.8) is 0 Å². The van der Waals surface area contributed by atoms with Crippen LogP contribution in [0.2, 0.25) is 0 Å². The van der Waals surface area contributed by atoms with E-state index in [1.807, 2.05) is 10.7 Å². The molecule has 7 heteroatoms. The van der Waals surface area contributed by atoms with Gasteiger partial charge in [0.15, 0.2) is 0 Å². The SMILES string of the molecule is O=C(NC[C@]1(c2ccc(F)cc2)CCOC1)c1cc2n(n1)CCCNC2. The van der Waals surface area contributed by atoms with Crippen molar-refractivity contribution in [2.24, 2.45) is 0 Å². The Bertz CT molecular complexity index is 758. The van der Waals surface area contributed by atoms with Gasteiger partial charge < -0.3 is 15.4 Å². The number of halogens is 1. The highest BCUT2D eigenvalue weighted by Gasteiger charge is 2.37. The number of hydrogen-bond donors (Lipinski definition) is 2. The normalized spacial score (nSPS) is 22.7. The molecule has 6 nitrogen and oxygen atoms in total. The van der Waals surface area contributed by atoms with Crippen molar-refractivity contribution < 1.29 is 13.9 Å². The number of ether oxygens (including phenoxy) is 1. The molecule has 2 aromatic rings. The number of rotatable bonds is 4. The molecule has 0 unspecified atom stereocenters. The molecule has 3 heterocycles. The van der Waals surface area contributed by atoms with E-state index in [9.17, 15) is 9.18 Å². The van der Waals surface area contributed by atoms with Crippen molar-refractivity contribution in [2.75, 3.05) is 26.3 Å². The molecule has 26 heavy (non-hydrogen) atoms. The van der Waals surface area contributed by atoms with Gasteiger partial charge in [0.05, 0.1) is 12.3 Å². The molecule has 2 aliphatic rings. The van der Waals surface area contributed by atoms with Gasteiger partial charge in [0.2, 0.25) is 0 Å². The second-order valence-electron chi connectivity index (χ2n) is 7.05. The van der Waals surface area contributed by atoms with E-state index < -0.39 is 0 Å². The van der Waals surface area contributed by atoms with E-state index in [0.29, 0.717) is 25.5 Å². The van der Waals surface area contributed by atoms with E-state index in [-0.39, 0.29) is 17.1 Å². The van der Waals surface area contributed by atoms with Crippen molar-refractivity contribution in [1.82, 2.24) is 20.4 Å². The summed E-state index contributed by atoms with van der Waals surface area (Å²) in [5.74, 6) is -0.445. The smallest absolute Gasteiger partial charge is 0.271 e. The average molecular weight is 358 g/mol. The summed E-state index contributed by atoms with van der Waals surface area (Å²) >= 11 is 0. The molecule has 0 radical (unpaired) electrons. The van der Waals surface area contributed by atoms with Gasteiger partial charge in [-0.05, 0) is 43.1 Å². The zero-order valence-electron chi connectivity index (χ0n) is 14.6. The lowest BCUT2D eigenvalue weighted by Crippen LogP contribution is -2.41. The lowest BCUT2D eigenvalue weighted by Gasteiger charge is -2.28. The number of nitrogens with zero attached hydrogens (tertiary/aromatic N) is 2. The molecule has 138 valence electrons. The fraction of sp³-hybridized carbons (Fsp3) is 0.474. The number of aromatic nitrogens is 2. The second kappa shape index (κ2) is 7.17. The molecule has 1 saturated heterocycles. The highest BCUT2D eigenvalue weighted by Crippen LogP contribution is 2.32. The number of carbonyl (C=O) groups excluding carboxylic acids is 1. The topological polar surface area (TPSA) is 68.2 Å². The van der Waals surface area contributed by atoms with Gasteiger partial charge in [-0.15, -0.1) is 0 Å². The highest BCUT2D eigenvalue weighted by molar-refractivity contribution is 5.92.